The Hall–Kier alpha value is -2.34. The zero-order valence-electron chi connectivity index (χ0n) is 15.2. The number of carbonyl (C=O) groups is 1. The van der Waals surface area contributed by atoms with Crippen LogP contribution in [0, 0.1) is 0 Å². The van der Waals surface area contributed by atoms with Gasteiger partial charge in [0.25, 0.3) is 5.91 Å². The Bertz CT molecular complexity index is 824. The molecule has 2 aliphatic rings. The van der Waals surface area contributed by atoms with Crippen LogP contribution in [0.2, 0.25) is 0 Å². The molecular formula is C20H25N3O3. The number of amides is 1. The summed E-state index contributed by atoms with van der Waals surface area (Å²) >= 11 is 0. The Morgan fingerprint density at radius 1 is 1.27 bits per heavy atom. The van der Waals surface area contributed by atoms with E-state index in [-0.39, 0.29) is 12.2 Å². The molecular weight excluding hydrogens is 330 g/mol. The minimum Gasteiger partial charge on any atom is -0.490 e. The molecule has 1 amide bonds. The number of nitrogens with zero attached hydrogens (tertiary/aromatic N) is 1. The van der Waals surface area contributed by atoms with Gasteiger partial charge in [-0.05, 0) is 63.1 Å². The van der Waals surface area contributed by atoms with Crippen molar-refractivity contribution in [3.05, 3.63) is 30.0 Å². The minimum absolute atomic E-state index is 0.0633. The highest BCUT2D eigenvalue weighted by atomic mass is 16.5. The van der Waals surface area contributed by atoms with Gasteiger partial charge in [-0.15, -0.1) is 0 Å². The van der Waals surface area contributed by atoms with Crippen LogP contribution in [0.5, 0.6) is 11.6 Å². The van der Waals surface area contributed by atoms with Crippen molar-refractivity contribution in [1.82, 2.24) is 10.3 Å². The maximum atomic E-state index is 11.8. The summed E-state index contributed by atoms with van der Waals surface area (Å²) in [6.07, 6.45) is 6.26. The van der Waals surface area contributed by atoms with Gasteiger partial charge in [-0.2, -0.15) is 0 Å². The van der Waals surface area contributed by atoms with Crippen LogP contribution in [0.25, 0.3) is 10.8 Å². The van der Waals surface area contributed by atoms with Crippen LogP contribution >= 0.6 is 0 Å². The summed E-state index contributed by atoms with van der Waals surface area (Å²) in [5, 5.41) is 5.34. The Kier molecular flexibility index (Phi) is 4.44. The van der Waals surface area contributed by atoms with Gasteiger partial charge in [0.2, 0.25) is 5.88 Å². The molecule has 2 saturated heterocycles. The third-order valence-corrected chi connectivity index (χ3v) is 5.16. The predicted octanol–water partition coefficient (Wildman–Crippen LogP) is 2.78. The van der Waals surface area contributed by atoms with Crippen LogP contribution in [0.4, 0.5) is 0 Å². The fourth-order valence-electron chi connectivity index (χ4n) is 4.07. The quantitative estimate of drug-likeness (QED) is 0.861. The molecule has 2 fully saturated rings. The smallest absolute Gasteiger partial charge is 0.252 e. The molecule has 6 heteroatoms. The first-order valence-corrected chi connectivity index (χ1v) is 9.31. The summed E-state index contributed by atoms with van der Waals surface area (Å²) in [4.78, 5) is 16.3. The predicted molar refractivity (Wildman–Crippen MR) is 99.6 cm³/mol. The van der Waals surface area contributed by atoms with Crippen LogP contribution in [0.15, 0.2) is 24.4 Å². The second-order valence-electron chi connectivity index (χ2n) is 7.57. The summed E-state index contributed by atoms with van der Waals surface area (Å²) in [6.45, 7) is 3.83. The van der Waals surface area contributed by atoms with Crippen LogP contribution in [0.1, 0.15) is 49.9 Å². The largest absolute Gasteiger partial charge is 0.490 e. The number of primary amides is 1. The summed E-state index contributed by atoms with van der Waals surface area (Å²) in [7, 11) is 0. The molecule has 0 spiro atoms. The molecule has 138 valence electrons. The van der Waals surface area contributed by atoms with Gasteiger partial charge >= 0.3 is 0 Å². The molecule has 0 radical (unpaired) electrons. The fraction of sp³-hybridized carbons (Fsp3) is 0.500. The Morgan fingerprint density at radius 3 is 2.65 bits per heavy atom. The normalized spacial score (nSPS) is 24.8. The molecule has 3 atom stereocenters. The second-order valence-corrected chi connectivity index (χ2v) is 7.57. The van der Waals surface area contributed by atoms with E-state index in [1.807, 2.05) is 26.0 Å². The molecule has 1 aromatic carbocycles. The lowest BCUT2D eigenvalue weighted by atomic mass is 10.0. The van der Waals surface area contributed by atoms with Crippen molar-refractivity contribution in [2.24, 2.45) is 5.73 Å². The van der Waals surface area contributed by atoms with Gasteiger partial charge in [-0.1, -0.05) is 0 Å². The number of aromatic nitrogens is 1. The number of hydrogen-bond acceptors (Lipinski definition) is 5. The first kappa shape index (κ1) is 17.1. The van der Waals surface area contributed by atoms with Gasteiger partial charge in [0.05, 0.1) is 11.7 Å². The van der Waals surface area contributed by atoms with Crippen LogP contribution in [-0.2, 0) is 0 Å². The summed E-state index contributed by atoms with van der Waals surface area (Å²) < 4.78 is 12.1. The lowest BCUT2D eigenvalue weighted by Crippen LogP contribution is -2.42. The van der Waals surface area contributed by atoms with Crippen LogP contribution < -0.4 is 20.5 Å². The number of nitrogens with two attached hydrogens (primary N) is 1. The first-order chi connectivity index (χ1) is 12.5. The van der Waals surface area contributed by atoms with Gasteiger partial charge < -0.3 is 20.5 Å². The van der Waals surface area contributed by atoms with Crippen molar-refractivity contribution < 1.29 is 14.3 Å². The van der Waals surface area contributed by atoms with E-state index in [9.17, 15) is 4.79 Å². The number of pyridine rings is 1. The van der Waals surface area contributed by atoms with Gasteiger partial charge in [0.1, 0.15) is 11.9 Å². The molecule has 3 heterocycles. The topological polar surface area (TPSA) is 86.5 Å². The van der Waals surface area contributed by atoms with E-state index >= 15 is 0 Å². The monoisotopic (exact) mass is 355 g/mol. The summed E-state index contributed by atoms with van der Waals surface area (Å²) in [6, 6.07) is 6.55. The van der Waals surface area contributed by atoms with Crippen LogP contribution in [-0.4, -0.2) is 35.2 Å². The average molecular weight is 355 g/mol. The first-order valence-electron chi connectivity index (χ1n) is 9.31. The number of piperidine rings is 1. The van der Waals surface area contributed by atoms with Crippen molar-refractivity contribution in [2.75, 3.05) is 0 Å². The van der Waals surface area contributed by atoms with Gasteiger partial charge in [0.15, 0.2) is 0 Å². The Morgan fingerprint density at radius 2 is 2.00 bits per heavy atom. The number of nitrogens with one attached hydrogen (secondary N) is 1. The molecule has 2 bridgehead atoms. The molecule has 1 aromatic heterocycles. The third-order valence-electron chi connectivity index (χ3n) is 5.16. The van der Waals surface area contributed by atoms with E-state index in [2.05, 4.69) is 10.3 Å². The van der Waals surface area contributed by atoms with E-state index in [1.165, 1.54) is 12.8 Å². The zero-order valence-corrected chi connectivity index (χ0v) is 15.2. The minimum atomic E-state index is -0.503. The highest BCUT2D eigenvalue weighted by Gasteiger charge is 2.34. The number of carbonyl (C=O) groups excluding carboxylic acids is 1. The van der Waals surface area contributed by atoms with Crippen molar-refractivity contribution in [1.29, 1.82) is 0 Å². The van der Waals surface area contributed by atoms with Crippen molar-refractivity contribution in [2.45, 2.75) is 63.8 Å². The number of fused-ring (bicyclic) bond motifs is 3. The average Bonchev–Trinajstić information content (AvgIpc) is 2.92. The van der Waals surface area contributed by atoms with E-state index in [4.69, 9.17) is 15.2 Å². The van der Waals surface area contributed by atoms with E-state index in [0.29, 0.717) is 29.3 Å². The van der Waals surface area contributed by atoms with Gasteiger partial charge in [-0.25, -0.2) is 4.98 Å². The zero-order chi connectivity index (χ0) is 18.3. The molecule has 26 heavy (non-hydrogen) atoms. The van der Waals surface area contributed by atoms with Crippen molar-refractivity contribution in [3.8, 4) is 11.6 Å². The Labute approximate surface area is 153 Å². The van der Waals surface area contributed by atoms with Crippen molar-refractivity contribution >= 4 is 16.7 Å². The van der Waals surface area contributed by atoms with E-state index < -0.39 is 5.91 Å². The van der Waals surface area contributed by atoms with Crippen LogP contribution in [0.3, 0.4) is 0 Å². The van der Waals surface area contributed by atoms with Gasteiger partial charge in [-0.3, -0.25) is 4.79 Å². The lowest BCUT2D eigenvalue weighted by molar-refractivity contribution is 0.0994. The standard InChI is InChI=1S/C20H25N3O3/c1-11(2)25-18-10-16-12(7-17(18)19(21)24)5-6-22-20(16)26-15-8-13-3-4-14(9-15)23-13/h5-7,10-11,13-15,23H,3-4,8-9H2,1-2H3,(H2,21,24)/t13-,14+,15+. The molecule has 4 rings (SSSR count). The number of rotatable bonds is 5. The van der Waals surface area contributed by atoms with E-state index in [1.54, 1.807) is 12.3 Å². The number of hydrogen-bond donors (Lipinski definition) is 2. The highest BCUT2D eigenvalue weighted by Crippen LogP contribution is 2.34. The Balaban J connectivity index is 1.69. The molecule has 2 aromatic rings. The van der Waals surface area contributed by atoms with Gasteiger partial charge in [0, 0.05) is 23.7 Å². The second kappa shape index (κ2) is 6.76. The van der Waals surface area contributed by atoms with Crippen molar-refractivity contribution in [3.63, 3.8) is 0 Å². The van der Waals surface area contributed by atoms with E-state index in [0.717, 1.165) is 23.6 Å². The number of benzene rings is 1. The molecule has 0 aliphatic carbocycles. The molecule has 0 saturated carbocycles. The molecule has 3 N–H and O–H groups in total. The number of ether oxygens (including phenoxy) is 2. The molecule has 2 aliphatic heterocycles. The summed E-state index contributed by atoms with van der Waals surface area (Å²) in [5.41, 5.74) is 5.91. The maximum Gasteiger partial charge on any atom is 0.252 e. The summed E-state index contributed by atoms with van der Waals surface area (Å²) in [5.74, 6) is 0.568. The third kappa shape index (κ3) is 3.33. The highest BCUT2D eigenvalue weighted by molar-refractivity contribution is 6.01. The fourth-order valence-corrected chi connectivity index (χ4v) is 4.07. The molecule has 0 unspecified atom stereocenters. The SMILES string of the molecule is CC(C)Oc1cc2c(O[C@H]3C[C@H]4CC[C@@H](C3)N4)nccc2cc1C(N)=O. The maximum absolute atomic E-state index is 11.8. The molecule has 6 nitrogen and oxygen atoms in total. The lowest BCUT2D eigenvalue weighted by Gasteiger charge is -2.29.